The van der Waals surface area contributed by atoms with Gasteiger partial charge in [0.2, 0.25) is 0 Å². The molecule has 0 radical (unpaired) electrons. The Morgan fingerprint density at radius 3 is 2.64 bits per heavy atom. The molecule has 0 heterocycles. The molecule has 0 rings (SSSR count). The van der Waals surface area contributed by atoms with Crippen molar-refractivity contribution in [1.82, 2.24) is 0 Å². The highest BCUT2D eigenvalue weighted by Crippen LogP contribution is 2.21. The first-order valence-electron chi connectivity index (χ1n) is 4.04. The molecule has 2 atom stereocenters. The average molecular weight is 267 g/mol. The standard InChI is InChI=1S/C10H13BrF2O/c1-8(12)9(4-3-7-14-2)10(13)5-6-11/h3-6,9-10H,1,7H2,2H3/b4-3+,6-5+. The normalized spacial score (nSPS) is 16.3. The topological polar surface area (TPSA) is 9.23 Å². The van der Waals surface area contributed by atoms with Crippen molar-refractivity contribution >= 4 is 15.9 Å². The molecule has 0 bridgehead atoms. The van der Waals surface area contributed by atoms with E-state index in [9.17, 15) is 8.78 Å². The quantitative estimate of drug-likeness (QED) is 0.669. The van der Waals surface area contributed by atoms with E-state index in [0.29, 0.717) is 6.61 Å². The van der Waals surface area contributed by atoms with Crippen molar-refractivity contribution in [1.29, 1.82) is 0 Å². The van der Waals surface area contributed by atoms with Crippen LogP contribution in [0.3, 0.4) is 0 Å². The largest absolute Gasteiger partial charge is 0.381 e. The fourth-order valence-corrected chi connectivity index (χ4v) is 1.16. The van der Waals surface area contributed by atoms with Gasteiger partial charge in [-0.3, -0.25) is 0 Å². The number of alkyl halides is 1. The van der Waals surface area contributed by atoms with Crippen molar-refractivity contribution in [3.05, 3.63) is 35.6 Å². The van der Waals surface area contributed by atoms with Crippen LogP contribution in [0.2, 0.25) is 0 Å². The molecule has 14 heavy (non-hydrogen) atoms. The zero-order valence-electron chi connectivity index (χ0n) is 7.92. The van der Waals surface area contributed by atoms with Gasteiger partial charge >= 0.3 is 0 Å². The van der Waals surface area contributed by atoms with Crippen LogP contribution in [-0.2, 0) is 4.74 Å². The lowest BCUT2D eigenvalue weighted by Gasteiger charge is -2.11. The maximum absolute atomic E-state index is 13.2. The molecular formula is C10H13BrF2O. The summed E-state index contributed by atoms with van der Waals surface area (Å²) in [6.07, 6.45) is 2.76. The van der Waals surface area contributed by atoms with Gasteiger partial charge in [-0.05, 0) is 11.1 Å². The van der Waals surface area contributed by atoms with E-state index in [4.69, 9.17) is 4.74 Å². The van der Waals surface area contributed by atoms with Gasteiger partial charge in [0.15, 0.2) is 0 Å². The Morgan fingerprint density at radius 1 is 1.57 bits per heavy atom. The van der Waals surface area contributed by atoms with E-state index >= 15 is 0 Å². The van der Waals surface area contributed by atoms with Crippen LogP contribution in [0.4, 0.5) is 8.78 Å². The molecule has 0 aromatic heterocycles. The summed E-state index contributed by atoms with van der Waals surface area (Å²) in [5.74, 6) is -1.64. The Bertz CT molecular complexity index is 226. The van der Waals surface area contributed by atoms with E-state index in [-0.39, 0.29) is 0 Å². The van der Waals surface area contributed by atoms with Gasteiger partial charge < -0.3 is 4.74 Å². The second-order valence-electron chi connectivity index (χ2n) is 2.62. The van der Waals surface area contributed by atoms with E-state index in [0.717, 1.165) is 0 Å². The Labute approximate surface area is 91.3 Å². The fraction of sp³-hybridized carbons (Fsp3) is 0.400. The summed E-state index contributed by atoms with van der Waals surface area (Å²) >= 11 is 2.93. The molecular weight excluding hydrogens is 254 g/mol. The van der Waals surface area contributed by atoms with E-state index in [1.165, 1.54) is 24.2 Å². The van der Waals surface area contributed by atoms with Gasteiger partial charge in [0, 0.05) is 7.11 Å². The lowest BCUT2D eigenvalue weighted by atomic mass is 10.0. The third-order valence-electron chi connectivity index (χ3n) is 1.57. The second kappa shape index (κ2) is 7.88. The van der Waals surface area contributed by atoms with Crippen LogP contribution in [0.15, 0.2) is 35.6 Å². The Balaban J connectivity index is 4.36. The van der Waals surface area contributed by atoms with Gasteiger partial charge in [0.1, 0.15) is 12.0 Å². The summed E-state index contributed by atoms with van der Waals surface area (Å²) < 4.78 is 30.8. The van der Waals surface area contributed by atoms with Gasteiger partial charge in [0.05, 0.1) is 12.5 Å². The van der Waals surface area contributed by atoms with E-state index in [2.05, 4.69) is 22.5 Å². The highest BCUT2D eigenvalue weighted by Gasteiger charge is 2.18. The molecule has 0 aromatic rings. The van der Waals surface area contributed by atoms with Crippen LogP contribution >= 0.6 is 15.9 Å². The average Bonchev–Trinajstić information content (AvgIpc) is 2.12. The molecule has 0 spiro atoms. The smallest absolute Gasteiger partial charge is 0.132 e. The molecule has 2 unspecified atom stereocenters. The van der Waals surface area contributed by atoms with Crippen LogP contribution in [0.5, 0.6) is 0 Å². The van der Waals surface area contributed by atoms with Crippen molar-refractivity contribution in [3.8, 4) is 0 Å². The van der Waals surface area contributed by atoms with Gasteiger partial charge in [-0.15, -0.1) is 0 Å². The second-order valence-corrected chi connectivity index (χ2v) is 3.15. The molecule has 0 aliphatic rings. The van der Waals surface area contributed by atoms with Crippen LogP contribution < -0.4 is 0 Å². The highest BCUT2D eigenvalue weighted by molar-refractivity contribution is 9.11. The van der Waals surface area contributed by atoms with Crippen molar-refractivity contribution in [2.75, 3.05) is 13.7 Å². The molecule has 0 amide bonds. The maximum atomic E-state index is 13.2. The molecule has 0 aromatic carbocycles. The van der Waals surface area contributed by atoms with Crippen molar-refractivity contribution < 1.29 is 13.5 Å². The van der Waals surface area contributed by atoms with E-state index < -0.39 is 17.9 Å². The molecule has 4 heteroatoms. The van der Waals surface area contributed by atoms with Gasteiger partial charge in [-0.25, -0.2) is 8.78 Å². The molecule has 0 fully saturated rings. The Morgan fingerprint density at radius 2 is 2.21 bits per heavy atom. The molecule has 0 N–H and O–H groups in total. The minimum Gasteiger partial charge on any atom is -0.381 e. The van der Waals surface area contributed by atoms with Crippen LogP contribution in [0.25, 0.3) is 0 Å². The number of methoxy groups -OCH3 is 1. The van der Waals surface area contributed by atoms with Gasteiger partial charge in [0.25, 0.3) is 0 Å². The van der Waals surface area contributed by atoms with Crippen molar-refractivity contribution in [3.63, 3.8) is 0 Å². The molecule has 0 aliphatic carbocycles. The van der Waals surface area contributed by atoms with Crippen molar-refractivity contribution in [2.45, 2.75) is 6.17 Å². The monoisotopic (exact) mass is 266 g/mol. The zero-order valence-corrected chi connectivity index (χ0v) is 9.51. The fourth-order valence-electron chi connectivity index (χ4n) is 0.871. The third-order valence-corrected chi connectivity index (χ3v) is 1.87. The SMILES string of the molecule is C=C(F)C(/C=C/COC)C(F)/C=C/Br. The molecule has 80 valence electrons. The van der Waals surface area contributed by atoms with E-state index in [1.807, 2.05) is 0 Å². The van der Waals surface area contributed by atoms with Crippen LogP contribution in [0.1, 0.15) is 0 Å². The highest BCUT2D eigenvalue weighted by atomic mass is 79.9. The Kier molecular flexibility index (Phi) is 7.61. The number of ether oxygens (including phenoxy) is 1. The van der Waals surface area contributed by atoms with E-state index in [1.54, 1.807) is 6.08 Å². The number of hydrogen-bond donors (Lipinski definition) is 0. The summed E-state index contributed by atoms with van der Waals surface area (Å²) in [5.41, 5.74) is 0. The number of halogens is 3. The first kappa shape index (κ1) is 13.5. The predicted octanol–water partition coefficient (Wildman–Crippen LogP) is 3.54. The van der Waals surface area contributed by atoms with Gasteiger partial charge in [-0.2, -0.15) is 0 Å². The molecule has 0 aliphatic heterocycles. The first-order valence-corrected chi connectivity index (χ1v) is 4.96. The first-order chi connectivity index (χ1) is 6.63. The number of hydrogen-bond acceptors (Lipinski definition) is 1. The lowest BCUT2D eigenvalue weighted by Crippen LogP contribution is -2.11. The number of rotatable bonds is 6. The maximum Gasteiger partial charge on any atom is 0.132 e. The summed E-state index contributed by atoms with van der Waals surface area (Å²) in [5, 5.41) is 0. The summed E-state index contributed by atoms with van der Waals surface area (Å²) in [4.78, 5) is 1.36. The van der Waals surface area contributed by atoms with Gasteiger partial charge in [-0.1, -0.05) is 34.7 Å². The lowest BCUT2D eigenvalue weighted by molar-refractivity contribution is 0.232. The molecule has 1 nitrogen and oxygen atoms in total. The Hall–Kier alpha value is -0.480. The van der Waals surface area contributed by atoms with Crippen molar-refractivity contribution in [2.24, 2.45) is 5.92 Å². The predicted molar refractivity (Wildman–Crippen MR) is 57.7 cm³/mol. The molecule has 0 saturated heterocycles. The van der Waals surface area contributed by atoms with Crippen LogP contribution in [0, 0.1) is 5.92 Å². The third kappa shape index (κ3) is 5.29. The minimum absolute atomic E-state index is 0.328. The number of allylic oxidation sites excluding steroid dienone is 3. The summed E-state index contributed by atoms with van der Waals surface area (Å²) in [7, 11) is 1.51. The van der Waals surface area contributed by atoms with Crippen LogP contribution in [-0.4, -0.2) is 19.9 Å². The molecule has 0 saturated carbocycles. The minimum atomic E-state index is -1.42. The summed E-state index contributed by atoms with van der Waals surface area (Å²) in [6, 6.07) is 0. The zero-order chi connectivity index (χ0) is 11.0. The summed E-state index contributed by atoms with van der Waals surface area (Å²) in [6.45, 7) is 3.42.